The summed E-state index contributed by atoms with van der Waals surface area (Å²) in [5.74, 6) is 0.444. The molecule has 1 heteroatoms. The predicted octanol–water partition coefficient (Wildman–Crippen LogP) is 5.21. The van der Waals surface area contributed by atoms with Crippen molar-refractivity contribution in [3.63, 3.8) is 0 Å². The zero-order valence-corrected chi connectivity index (χ0v) is 15.6. The van der Waals surface area contributed by atoms with E-state index in [1.807, 2.05) is 0 Å². The average molecular weight is 351 g/mol. The molecule has 0 aliphatic heterocycles. The molecule has 0 aromatic heterocycles. The van der Waals surface area contributed by atoms with Gasteiger partial charge in [0.2, 0.25) is 0 Å². The van der Waals surface area contributed by atoms with Crippen molar-refractivity contribution in [3.05, 3.63) is 101 Å². The van der Waals surface area contributed by atoms with E-state index in [1.54, 1.807) is 11.1 Å². The van der Waals surface area contributed by atoms with Crippen LogP contribution in [0, 0.1) is 5.92 Å². The van der Waals surface area contributed by atoms with Gasteiger partial charge in [-0.15, -0.1) is 0 Å². The highest BCUT2D eigenvalue weighted by molar-refractivity contribution is 5.81. The Balaban J connectivity index is 1.62. The van der Waals surface area contributed by atoms with Crippen LogP contribution in [-0.4, -0.2) is 6.54 Å². The molecule has 134 valence electrons. The van der Waals surface area contributed by atoms with Crippen LogP contribution >= 0.6 is 0 Å². The summed E-state index contributed by atoms with van der Waals surface area (Å²) in [6.07, 6.45) is 6.78. The molecule has 2 aliphatic rings. The molecule has 0 spiro atoms. The van der Waals surface area contributed by atoms with Gasteiger partial charge in [-0.05, 0) is 82.7 Å². The molecule has 0 saturated heterocycles. The van der Waals surface area contributed by atoms with Crippen LogP contribution in [0.1, 0.15) is 27.8 Å². The first kappa shape index (κ1) is 16.5. The van der Waals surface area contributed by atoms with Gasteiger partial charge in [0.25, 0.3) is 0 Å². The molecule has 0 heterocycles. The van der Waals surface area contributed by atoms with Crippen molar-refractivity contribution in [1.82, 2.24) is 0 Å². The molecule has 2 aliphatic carbocycles. The van der Waals surface area contributed by atoms with Crippen LogP contribution in [0.2, 0.25) is 0 Å². The topological polar surface area (TPSA) is 26.0 Å². The van der Waals surface area contributed by atoms with E-state index in [0.717, 1.165) is 32.2 Å². The lowest BCUT2D eigenvalue weighted by molar-refractivity contribution is 0.644. The third kappa shape index (κ3) is 2.93. The van der Waals surface area contributed by atoms with Crippen molar-refractivity contribution in [2.75, 3.05) is 6.54 Å². The van der Waals surface area contributed by atoms with Gasteiger partial charge >= 0.3 is 0 Å². The molecule has 3 aromatic rings. The minimum atomic E-state index is 0.444. The largest absolute Gasteiger partial charge is 0.330 e. The van der Waals surface area contributed by atoms with Gasteiger partial charge in [-0.3, -0.25) is 0 Å². The van der Waals surface area contributed by atoms with E-state index in [0.29, 0.717) is 5.92 Å². The maximum Gasteiger partial charge on any atom is -0.00107 e. The van der Waals surface area contributed by atoms with Gasteiger partial charge < -0.3 is 5.73 Å². The summed E-state index contributed by atoms with van der Waals surface area (Å²) >= 11 is 0. The SMILES string of the molecule is NCC1C=C(Cc2ccccc2)c2ccc3c(c2C1)CCc1ccccc1-3. The van der Waals surface area contributed by atoms with Gasteiger partial charge in [0, 0.05) is 0 Å². The normalized spacial score (nSPS) is 17.5. The molecule has 27 heavy (non-hydrogen) atoms. The average Bonchev–Trinajstić information content (AvgIpc) is 2.73. The zero-order chi connectivity index (χ0) is 18.2. The van der Waals surface area contributed by atoms with E-state index < -0.39 is 0 Å². The minimum Gasteiger partial charge on any atom is -0.330 e. The Hall–Kier alpha value is -2.64. The molecule has 0 bridgehead atoms. The Morgan fingerprint density at radius 2 is 1.52 bits per heavy atom. The maximum absolute atomic E-state index is 6.12. The lowest BCUT2D eigenvalue weighted by Gasteiger charge is -2.30. The summed E-state index contributed by atoms with van der Waals surface area (Å²) in [6.45, 7) is 0.720. The fourth-order valence-corrected chi connectivity index (χ4v) is 4.84. The smallest absolute Gasteiger partial charge is 0.00107 e. The van der Waals surface area contributed by atoms with E-state index in [9.17, 15) is 0 Å². The molecular weight excluding hydrogens is 326 g/mol. The van der Waals surface area contributed by atoms with Gasteiger partial charge in [0.05, 0.1) is 0 Å². The van der Waals surface area contributed by atoms with E-state index in [-0.39, 0.29) is 0 Å². The van der Waals surface area contributed by atoms with Crippen LogP contribution in [-0.2, 0) is 25.7 Å². The van der Waals surface area contributed by atoms with Crippen molar-refractivity contribution in [1.29, 1.82) is 0 Å². The molecule has 0 radical (unpaired) electrons. The summed E-state index contributed by atoms with van der Waals surface area (Å²) in [5, 5.41) is 0. The standard InChI is InChI=1S/C26H25N/c27-17-19-15-21(14-18-6-2-1-3-7-18)23-12-13-24-22-9-5-4-8-20(22)10-11-25(24)26(23)16-19/h1-9,12-13,15,19H,10-11,14,16-17,27H2. The number of nitrogens with two attached hydrogens (primary N) is 1. The van der Waals surface area contributed by atoms with E-state index in [1.165, 1.54) is 33.4 Å². The Bertz CT molecular complexity index is 1010. The molecule has 5 rings (SSSR count). The molecular formula is C26H25N. The van der Waals surface area contributed by atoms with E-state index in [2.05, 4.69) is 72.8 Å². The highest BCUT2D eigenvalue weighted by atomic mass is 14.5. The number of rotatable bonds is 3. The number of hydrogen-bond acceptors (Lipinski definition) is 1. The van der Waals surface area contributed by atoms with Crippen LogP contribution in [0.4, 0.5) is 0 Å². The van der Waals surface area contributed by atoms with Crippen molar-refractivity contribution >= 4 is 5.57 Å². The number of benzene rings is 3. The first-order chi connectivity index (χ1) is 13.3. The summed E-state index contributed by atoms with van der Waals surface area (Å²) in [4.78, 5) is 0. The molecule has 2 N–H and O–H groups in total. The Labute approximate surface area is 161 Å². The molecule has 0 saturated carbocycles. The van der Waals surface area contributed by atoms with Crippen LogP contribution < -0.4 is 5.73 Å². The number of hydrogen-bond donors (Lipinski definition) is 1. The first-order valence-electron chi connectivity index (χ1n) is 10.0. The van der Waals surface area contributed by atoms with Crippen molar-refractivity contribution < 1.29 is 0 Å². The van der Waals surface area contributed by atoms with Gasteiger partial charge in [-0.1, -0.05) is 72.8 Å². The van der Waals surface area contributed by atoms with Crippen molar-refractivity contribution in [2.24, 2.45) is 11.7 Å². The lowest BCUT2D eigenvalue weighted by atomic mass is 9.75. The van der Waals surface area contributed by atoms with Crippen LogP contribution in [0.15, 0.2) is 72.8 Å². The second-order valence-corrected chi connectivity index (χ2v) is 7.83. The summed E-state index contributed by atoms with van der Waals surface area (Å²) < 4.78 is 0. The Morgan fingerprint density at radius 1 is 0.741 bits per heavy atom. The Kier molecular flexibility index (Phi) is 4.18. The summed E-state index contributed by atoms with van der Waals surface area (Å²) in [5.41, 5.74) is 17.8. The van der Waals surface area contributed by atoms with Crippen molar-refractivity contribution in [2.45, 2.75) is 25.7 Å². The first-order valence-corrected chi connectivity index (χ1v) is 10.0. The predicted molar refractivity (Wildman–Crippen MR) is 114 cm³/mol. The van der Waals surface area contributed by atoms with Gasteiger partial charge in [0.1, 0.15) is 0 Å². The monoisotopic (exact) mass is 351 g/mol. The number of allylic oxidation sites excluding steroid dienone is 1. The lowest BCUT2D eigenvalue weighted by Crippen LogP contribution is -2.22. The van der Waals surface area contributed by atoms with Gasteiger partial charge in [0.15, 0.2) is 0 Å². The highest BCUT2D eigenvalue weighted by Crippen LogP contribution is 2.41. The van der Waals surface area contributed by atoms with E-state index >= 15 is 0 Å². The second-order valence-electron chi connectivity index (χ2n) is 7.83. The fraction of sp³-hybridized carbons (Fsp3) is 0.231. The fourth-order valence-electron chi connectivity index (χ4n) is 4.84. The third-order valence-electron chi connectivity index (χ3n) is 6.17. The number of fused-ring (bicyclic) bond motifs is 5. The molecule has 1 unspecified atom stereocenters. The second kappa shape index (κ2) is 6.83. The van der Waals surface area contributed by atoms with Crippen LogP contribution in [0.5, 0.6) is 0 Å². The van der Waals surface area contributed by atoms with Gasteiger partial charge in [-0.2, -0.15) is 0 Å². The molecule has 0 amide bonds. The number of aryl methyl sites for hydroxylation is 1. The Morgan fingerprint density at radius 3 is 2.37 bits per heavy atom. The highest BCUT2D eigenvalue weighted by Gasteiger charge is 2.26. The maximum atomic E-state index is 6.12. The molecule has 3 aromatic carbocycles. The van der Waals surface area contributed by atoms with Crippen LogP contribution in [0.25, 0.3) is 16.7 Å². The summed E-state index contributed by atoms with van der Waals surface area (Å²) in [6, 6.07) is 24.4. The molecule has 1 atom stereocenters. The van der Waals surface area contributed by atoms with E-state index in [4.69, 9.17) is 5.73 Å². The minimum absolute atomic E-state index is 0.444. The molecule has 1 nitrogen and oxygen atoms in total. The quantitative estimate of drug-likeness (QED) is 0.689. The van der Waals surface area contributed by atoms with Crippen molar-refractivity contribution in [3.8, 4) is 11.1 Å². The third-order valence-corrected chi connectivity index (χ3v) is 6.17. The van der Waals surface area contributed by atoms with Gasteiger partial charge in [-0.25, -0.2) is 0 Å². The zero-order valence-electron chi connectivity index (χ0n) is 15.6. The van der Waals surface area contributed by atoms with Crippen LogP contribution in [0.3, 0.4) is 0 Å². The summed E-state index contributed by atoms with van der Waals surface area (Å²) in [7, 11) is 0. The molecule has 0 fully saturated rings.